The van der Waals surface area contributed by atoms with Gasteiger partial charge in [-0.1, -0.05) is 65.3 Å². The summed E-state index contributed by atoms with van der Waals surface area (Å²) >= 11 is 7.54. The molecule has 0 saturated carbocycles. The summed E-state index contributed by atoms with van der Waals surface area (Å²) in [4.78, 5) is 0. The molecule has 2 N–H and O–H groups in total. The smallest absolute Gasteiger partial charge is 0.210 e. The van der Waals surface area contributed by atoms with Crippen molar-refractivity contribution >= 4 is 23.4 Å². The van der Waals surface area contributed by atoms with E-state index in [2.05, 4.69) is 10.2 Å². The van der Waals surface area contributed by atoms with Crippen LogP contribution in [0.25, 0.3) is 11.4 Å². The Kier molecular flexibility index (Phi) is 5.27. The van der Waals surface area contributed by atoms with Gasteiger partial charge in [-0.3, -0.25) is 0 Å². The van der Waals surface area contributed by atoms with Crippen LogP contribution in [0.1, 0.15) is 5.56 Å². The third-order valence-electron chi connectivity index (χ3n) is 3.38. The molecule has 0 unspecified atom stereocenters. The van der Waals surface area contributed by atoms with Gasteiger partial charge < -0.3 is 10.6 Å². The summed E-state index contributed by atoms with van der Waals surface area (Å²) in [6.07, 6.45) is 0. The Bertz CT molecular complexity index is 820. The predicted octanol–water partition coefficient (Wildman–Crippen LogP) is 3.79. The van der Waals surface area contributed by atoms with Crippen molar-refractivity contribution in [3.63, 3.8) is 0 Å². The third-order valence-corrected chi connectivity index (χ3v) is 4.60. The van der Waals surface area contributed by atoms with E-state index < -0.39 is 0 Å². The quantitative estimate of drug-likeness (QED) is 0.411. The van der Waals surface area contributed by atoms with E-state index in [1.165, 1.54) is 22.0 Å². The minimum Gasteiger partial charge on any atom is -0.491 e. The number of hydrogen-bond acceptors (Lipinski definition) is 5. The van der Waals surface area contributed by atoms with Crippen molar-refractivity contribution in [2.75, 3.05) is 18.2 Å². The van der Waals surface area contributed by atoms with E-state index in [1.807, 2.05) is 49.4 Å². The fraction of sp³-hybridized carbons (Fsp3) is 0.176. The molecule has 2 aromatic carbocycles. The lowest BCUT2D eigenvalue weighted by atomic mass is 10.1. The topological polar surface area (TPSA) is 66.0 Å². The van der Waals surface area contributed by atoms with Gasteiger partial charge in [0.05, 0.1) is 11.6 Å². The number of benzene rings is 2. The molecule has 0 radical (unpaired) electrons. The molecule has 0 aliphatic rings. The first-order valence-corrected chi connectivity index (χ1v) is 8.79. The van der Waals surface area contributed by atoms with Crippen molar-refractivity contribution in [1.82, 2.24) is 14.9 Å². The second-order valence-electron chi connectivity index (χ2n) is 5.17. The van der Waals surface area contributed by atoms with Gasteiger partial charge in [-0.05, 0) is 19.1 Å². The van der Waals surface area contributed by atoms with E-state index in [4.69, 9.17) is 22.2 Å². The van der Waals surface area contributed by atoms with Gasteiger partial charge in [-0.15, -0.1) is 10.2 Å². The number of hydrogen-bond donors (Lipinski definition) is 1. The predicted molar refractivity (Wildman–Crippen MR) is 98.0 cm³/mol. The van der Waals surface area contributed by atoms with Crippen molar-refractivity contribution in [2.24, 2.45) is 0 Å². The highest BCUT2D eigenvalue weighted by Crippen LogP contribution is 2.24. The third kappa shape index (κ3) is 3.83. The molecule has 0 aliphatic carbocycles. The summed E-state index contributed by atoms with van der Waals surface area (Å²) < 4.78 is 7.16. The van der Waals surface area contributed by atoms with E-state index in [0.717, 1.165) is 5.56 Å². The van der Waals surface area contributed by atoms with Crippen LogP contribution in [-0.2, 0) is 0 Å². The van der Waals surface area contributed by atoms with Gasteiger partial charge in [-0.2, -0.15) is 0 Å². The zero-order valence-corrected chi connectivity index (χ0v) is 14.7. The van der Waals surface area contributed by atoms with E-state index in [0.29, 0.717) is 34.1 Å². The van der Waals surface area contributed by atoms with E-state index >= 15 is 0 Å². The summed E-state index contributed by atoms with van der Waals surface area (Å²) in [6, 6.07) is 15.4. The van der Waals surface area contributed by atoms with E-state index in [-0.39, 0.29) is 0 Å². The molecule has 0 saturated heterocycles. The Morgan fingerprint density at radius 3 is 2.62 bits per heavy atom. The van der Waals surface area contributed by atoms with Crippen LogP contribution in [0.5, 0.6) is 5.75 Å². The Labute approximate surface area is 149 Å². The average molecular weight is 361 g/mol. The first-order valence-electron chi connectivity index (χ1n) is 7.43. The van der Waals surface area contributed by atoms with Gasteiger partial charge in [-0.25, -0.2) is 4.68 Å². The Morgan fingerprint density at radius 1 is 1.12 bits per heavy atom. The SMILES string of the molecule is Cc1ccc(-c2nnc(SCCOc3ccccc3Cl)n2N)cc1. The highest BCUT2D eigenvalue weighted by Gasteiger charge is 2.12. The van der Waals surface area contributed by atoms with Crippen LogP contribution in [-0.4, -0.2) is 27.2 Å². The summed E-state index contributed by atoms with van der Waals surface area (Å²) in [7, 11) is 0. The van der Waals surface area contributed by atoms with Gasteiger partial charge in [0.15, 0.2) is 5.82 Å². The zero-order chi connectivity index (χ0) is 16.9. The zero-order valence-electron chi connectivity index (χ0n) is 13.1. The van der Waals surface area contributed by atoms with Crippen LogP contribution in [0.4, 0.5) is 0 Å². The molecule has 5 nitrogen and oxygen atoms in total. The molecule has 0 fully saturated rings. The van der Waals surface area contributed by atoms with Crippen molar-refractivity contribution in [3.05, 3.63) is 59.1 Å². The maximum absolute atomic E-state index is 6.10. The Balaban J connectivity index is 1.58. The monoisotopic (exact) mass is 360 g/mol. The van der Waals surface area contributed by atoms with Crippen LogP contribution >= 0.6 is 23.4 Å². The van der Waals surface area contributed by atoms with Crippen molar-refractivity contribution in [1.29, 1.82) is 0 Å². The fourth-order valence-corrected chi connectivity index (χ4v) is 2.98. The maximum atomic E-state index is 6.10. The van der Waals surface area contributed by atoms with Gasteiger partial charge in [0, 0.05) is 11.3 Å². The van der Waals surface area contributed by atoms with Crippen LogP contribution in [0.3, 0.4) is 0 Å². The van der Waals surface area contributed by atoms with Crippen molar-refractivity contribution < 1.29 is 4.74 Å². The second-order valence-corrected chi connectivity index (χ2v) is 6.64. The highest BCUT2D eigenvalue weighted by atomic mass is 35.5. The summed E-state index contributed by atoms with van der Waals surface area (Å²) in [5, 5.41) is 9.57. The molecule has 0 atom stereocenters. The highest BCUT2D eigenvalue weighted by molar-refractivity contribution is 7.99. The van der Waals surface area contributed by atoms with E-state index in [9.17, 15) is 0 Å². The molecule has 0 aliphatic heterocycles. The number of nitrogens with two attached hydrogens (primary N) is 1. The number of ether oxygens (including phenoxy) is 1. The normalized spacial score (nSPS) is 10.8. The number of aromatic nitrogens is 3. The molecule has 124 valence electrons. The number of nitrogen functional groups attached to an aromatic ring is 1. The Hall–Kier alpha value is -2.18. The number of nitrogens with zero attached hydrogens (tertiary/aromatic N) is 3. The molecule has 0 bridgehead atoms. The molecule has 1 heterocycles. The molecular weight excluding hydrogens is 344 g/mol. The van der Waals surface area contributed by atoms with Gasteiger partial charge in [0.2, 0.25) is 5.16 Å². The number of halogens is 1. The minimum atomic E-state index is 0.501. The lowest BCUT2D eigenvalue weighted by molar-refractivity contribution is 0.344. The summed E-state index contributed by atoms with van der Waals surface area (Å²) in [6.45, 7) is 2.54. The van der Waals surface area contributed by atoms with Crippen LogP contribution in [0.2, 0.25) is 5.02 Å². The minimum absolute atomic E-state index is 0.501. The first-order chi connectivity index (χ1) is 11.6. The number of aryl methyl sites for hydroxylation is 1. The number of thioether (sulfide) groups is 1. The molecule has 1 aromatic heterocycles. The van der Waals surface area contributed by atoms with Crippen molar-refractivity contribution in [3.8, 4) is 17.1 Å². The molecule has 3 rings (SSSR count). The van der Waals surface area contributed by atoms with E-state index in [1.54, 1.807) is 6.07 Å². The molecule has 0 amide bonds. The van der Waals surface area contributed by atoms with Gasteiger partial charge in [0.25, 0.3) is 0 Å². The average Bonchev–Trinajstić information content (AvgIpc) is 2.95. The number of rotatable bonds is 6. The molecular formula is C17H17ClN4OS. The van der Waals surface area contributed by atoms with Crippen LogP contribution < -0.4 is 10.6 Å². The number of para-hydroxylation sites is 1. The largest absolute Gasteiger partial charge is 0.491 e. The molecule has 0 spiro atoms. The Morgan fingerprint density at radius 2 is 1.88 bits per heavy atom. The first kappa shape index (κ1) is 16.7. The summed E-state index contributed by atoms with van der Waals surface area (Å²) in [5.74, 6) is 8.11. The molecule has 7 heteroatoms. The van der Waals surface area contributed by atoms with Crippen LogP contribution in [0.15, 0.2) is 53.7 Å². The van der Waals surface area contributed by atoms with Crippen LogP contribution in [0, 0.1) is 6.92 Å². The maximum Gasteiger partial charge on any atom is 0.210 e. The second kappa shape index (κ2) is 7.59. The van der Waals surface area contributed by atoms with Crippen molar-refractivity contribution in [2.45, 2.75) is 12.1 Å². The van der Waals surface area contributed by atoms with Gasteiger partial charge in [0.1, 0.15) is 5.75 Å². The standard InChI is InChI=1S/C17H17ClN4OS/c1-12-6-8-13(9-7-12)16-20-21-17(22(16)19)24-11-10-23-15-5-3-2-4-14(15)18/h2-9H,10-11,19H2,1H3. The lowest BCUT2D eigenvalue weighted by Crippen LogP contribution is -2.12. The molecule has 24 heavy (non-hydrogen) atoms. The fourth-order valence-electron chi connectivity index (χ4n) is 2.12. The molecule has 3 aromatic rings. The van der Waals surface area contributed by atoms with Gasteiger partial charge >= 0.3 is 0 Å². The lowest BCUT2D eigenvalue weighted by Gasteiger charge is -2.07. The summed E-state index contributed by atoms with van der Waals surface area (Å²) in [5.41, 5.74) is 2.13.